The predicted octanol–water partition coefficient (Wildman–Crippen LogP) is 0.877. The molecule has 3 N–H and O–H groups in total. The van der Waals surface area contributed by atoms with Gasteiger partial charge in [-0.05, 0) is 11.6 Å². The van der Waals surface area contributed by atoms with Crippen molar-refractivity contribution in [2.45, 2.75) is 12.2 Å². The highest BCUT2D eigenvalue weighted by Crippen LogP contribution is 2.36. The molecule has 0 saturated carbocycles. The van der Waals surface area contributed by atoms with Crippen LogP contribution < -0.4 is 0 Å². The van der Waals surface area contributed by atoms with Crippen molar-refractivity contribution in [1.29, 1.82) is 5.26 Å². The summed E-state index contributed by atoms with van der Waals surface area (Å²) in [6.07, 6.45) is -3.32. The number of nitro groups is 1. The SMILES string of the molecule is N#Cc1cc(C(O)C(O)CN=[N+]=[N-])c(O)c([N+](=O)[O-])c1. The number of hydrogen-bond acceptors (Lipinski definition) is 7. The molecule has 1 rings (SSSR count). The van der Waals surface area contributed by atoms with Gasteiger partial charge >= 0.3 is 5.69 Å². The average molecular weight is 279 g/mol. The van der Waals surface area contributed by atoms with E-state index in [-0.39, 0.29) is 5.56 Å². The van der Waals surface area contributed by atoms with E-state index in [2.05, 4.69) is 10.0 Å². The van der Waals surface area contributed by atoms with Crippen molar-refractivity contribution in [3.05, 3.63) is 43.8 Å². The largest absolute Gasteiger partial charge is 0.502 e. The number of phenols is 1. The first-order valence-electron chi connectivity index (χ1n) is 5.20. The van der Waals surface area contributed by atoms with E-state index < -0.39 is 40.7 Å². The monoisotopic (exact) mass is 279 g/mol. The lowest BCUT2D eigenvalue weighted by Gasteiger charge is -2.17. The van der Waals surface area contributed by atoms with Crippen molar-refractivity contribution < 1.29 is 20.2 Å². The third-order valence-corrected chi connectivity index (χ3v) is 2.46. The third-order valence-electron chi connectivity index (χ3n) is 2.46. The van der Waals surface area contributed by atoms with Crippen molar-refractivity contribution in [1.82, 2.24) is 0 Å². The first kappa shape index (κ1) is 15.2. The topological polar surface area (TPSA) is 176 Å². The summed E-state index contributed by atoms with van der Waals surface area (Å²) < 4.78 is 0. The zero-order valence-corrected chi connectivity index (χ0v) is 9.91. The summed E-state index contributed by atoms with van der Waals surface area (Å²) in [7, 11) is 0. The van der Waals surface area contributed by atoms with Gasteiger partial charge in [0.15, 0.2) is 5.75 Å². The van der Waals surface area contributed by atoms with Crippen LogP contribution in [0.1, 0.15) is 17.2 Å². The minimum Gasteiger partial charge on any atom is -0.502 e. The van der Waals surface area contributed by atoms with Gasteiger partial charge in [0, 0.05) is 16.5 Å². The molecule has 0 amide bonds. The molecule has 1 aromatic carbocycles. The summed E-state index contributed by atoms with van der Waals surface area (Å²) in [5.74, 6) is -0.860. The molecule has 1 aromatic rings. The van der Waals surface area contributed by atoms with Crippen LogP contribution in [0.2, 0.25) is 0 Å². The van der Waals surface area contributed by atoms with Gasteiger partial charge in [-0.2, -0.15) is 5.26 Å². The average Bonchev–Trinajstić information content (AvgIpc) is 2.43. The molecular weight excluding hydrogens is 270 g/mol. The van der Waals surface area contributed by atoms with E-state index in [0.717, 1.165) is 12.1 Å². The first-order valence-corrected chi connectivity index (χ1v) is 5.20. The van der Waals surface area contributed by atoms with Crippen molar-refractivity contribution in [2.24, 2.45) is 5.11 Å². The number of nitriles is 1. The fourth-order valence-corrected chi connectivity index (χ4v) is 1.50. The lowest BCUT2D eigenvalue weighted by molar-refractivity contribution is -0.386. The second-order valence-electron chi connectivity index (χ2n) is 3.73. The maximum absolute atomic E-state index is 10.7. The summed E-state index contributed by atoms with van der Waals surface area (Å²) in [5.41, 5.74) is 6.78. The van der Waals surface area contributed by atoms with Crippen molar-refractivity contribution in [3.63, 3.8) is 0 Å². The van der Waals surface area contributed by atoms with Crippen LogP contribution in [-0.2, 0) is 0 Å². The fraction of sp³-hybridized carbons (Fsp3) is 0.300. The van der Waals surface area contributed by atoms with Crippen LogP contribution in [0, 0.1) is 21.4 Å². The fourth-order valence-electron chi connectivity index (χ4n) is 1.50. The molecule has 20 heavy (non-hydrogen) atoms. The van der Waals surface area contributed by atoms with E-state index in [1.165, 1.54) is 0 Å². The molecule has 10 nitrogen and oxygen atoms in total. The standard InChI is InChI=1S/C10H9N5O5/c11-3-5-1-6(9(17)7(2-5)15(19)20)10(18)8(16)4-13-14-12/h1-2,8,10,16-18H,4H2. The van der Waals surface area contributed by atoms with Crippen LogP contribution >= 0.6 is 0 Å². The number of phenolic OH excluding ortho intramolecular Hbond substituents is 1. The van der Waals surface area contributed by atoms with Gasteiger partial charge in [-0.1, -0.05) is 5.11 Å². The lowest BCUT2D eigenvalue weighted by atomic mass is 10.00. The van der Waals surface area contributed by atoms with Crippen LogP contribution in [0.15, 0.2) is 17.2 Å². The number of nitrogens with zero attached hydrogens (tertiary/aromatic N) is 5. The van der Waals surface area contributed by atoms with Gasteiger partial charge in [0.05, 0.1) is 29.2 Å². The number of aliphatic hydroxyl groups excluding tert-OH is 2. The number of rotatable bonds is 5. The van der Waals surface area contributed by atoms with Gasteiger partial charge in [-0.15, -0.1) is 0 Å². The van der Waals surface area contributed by atoms with E-state index >= 15 is 0 Å². The van der Waals surface area contributed by atoms with Gasteiger partial charge in [0.2, 0.25) is 0 Å². The second-order valence-corrected chi connectivity index (χ2v) is 3.73. The Morgan fingerprint density at radius 2 is 2.20 bits per heavy atom. The van der Waals surface area contributed by atoms with Crippen LogP contribution in [0.25, 0.3) is 10.4 Å². The molecule has 0 aliphatic carbocycles. The van der Waals surface area contributed by atoms with Crippen LogP contribution in [0.3, 0.4) is 0 Å². The molecule has 0 radical (unpaired) electrons. The van der Waals surface area contributed by atoms with Gasteiger partial charge in [0.1, 0.15) is 6.10 Å². The molecule has 104 valence electrons. The molecule has 0 aromatic heterocycles. The minimum absolute atomic E-state index is 0.167. The Kier molecular flexibility index (Phi) is 4.82. The molecular formula is C10H9N5O5. The molecule has 10 heteroatoms. The van der Waals surface area contributed by atoms with Gasteiger partial charge in [-0.25, -0.2) is 0 Å². The Balaban J connectivity index is 3.29. The minimum atomic E-state index is -1.74. The first-order chi connectivity index (χ1) is 9.42. The number of aromatic hydroxyl groups is 1. The quantitative estimate of drug-likeness (QED) is 0.236. The highest BCUT2D eigenvalue weighted by molar-refractivity contribution is 5.56. The van der Waals surface area contributed by atoms with Gasteiger partial charge in [-0.3, -0.25) is 10.1 Å². The third kappa shape index (κ3) is 3.12. The Hall–Kier alpha value is -2.86. The van der Waals surface area contributed by atoms with Crippen LogP contribution in [0.4, 0.5) is 5.69 Å². The highest BCUT2D eigenvalue weighted by atomic mass is 16.6. The molecule has 0 fully saturated rings. The Morgan fingerprint density at radius 3 is 2.70 bits per heavy atom. The van der Waals surface area contributed by atoms with Gasteiger partial charge < -0.3 is 15.3 Å². The summed E-state index contributed by atoms with van der Waals surface area (Å²) in [6, 6.07) is 3.48. The molecule has 0 aliphatic heterocycles. The number of nitro benzene ring substituents is 1. The predicted molar refractivity (Wildman–Crippen MR) is 64.5 cm³/mol. The van der Waals surface area contributed by atoms with Gasteiger partial charge in [0.25, 0.3) is 0 Å². The molecule has 0 aliphatic rings. The van der Waals surface area contributed by atoms with E-state index in [0.29, 0.717) is 0 Å². The number of benzene rings is 1. The van der Waals surface area contributed by atoms with E-state index in [1.54, 1.807) is 6.07 Å². The zero-order chi connectivity index (χ0) is 15.3. The van der Waals surface area contributed by atoms with Crippen LogP contribution in [-0.4, -0.2) is 32.9 Å². The Morgan fingerprint density at radius 1 is 1.55 bits per heavy atom. The molecule has 0 spiro atoms. The smallest absolute Gasteiger partial charge is 0.312 e. The number of hydrogen-bond donors (Lipinski definition) is 3. The van der Waals surface area contributed by atoms with E-state index in [4.69, 9.17) is 10.8 Å². The van der Waals surface area contributed by atoms with Crippen molar-refractivity contribution >= 4 is 5.69 Å². The number of aliphatic hydroxyl groups is 2. The molecule has 2 unspecified atom stereocenters. The van der Waals surface area contributed by atoms with Crippen LogP contribution in [0.5, 0.6) is 5.75 Å². The van der Waals surface area contributed by atoms with Crippen molar-refractivity contribution in [3.8, 4) is 11.8 Å². The Bertz CT molecular complexity index is 619. The summed E-state index contributed by atoms with van der Waals surface area (Å²) in [4.78, 5) is 12.2. The summed E-state index contributed by atoms with van der Waals surface area (Å²) >= 11 is 0. The second kappa shape index (κ2) is 6.35. The van der Waals surface area contributed by atoms with E-state index in [1.807, 2.05) is 0 Å². The maximum Gasteiger partial charge on any atom is 0.312 e. The molecule has 2 atom stereocenters. The lowest BCUT2D eigenvalue weighted by Crippen LogP contribution is -2.21. The number of azide groups is 1. The molecule has 0 saturated heterocycles. The zero-order valence-electron chi connectivity index (χ0n) is 9.91. The molecule has 0 bridgehead atoms. The Labute approximate surface area is 111 Å². The van der Waals surface area contributed by atoms with E-state index in [9.17, 15) is 25.4 Å². The van der Waals surface area contributed by atoms with Crippen molar-refractivity contribution in [2.75, 3.05) is 6.54 Å². The molecule has 0 heterocycles. The highest BCUT2D eigenvalue weighted by Gasteiger charge is 2.27. The normalized spacial score (nSPS) is 12.8. The summed E-state index contributed by atoms with van der Waals surface area (Å²) in [6.45, 7) is -0.498. The summed E-state index contributed by atoms with van der Waals surface area (Å²) in [5, 5.41) is 51.6. The maximum atomic E-state index is 10.7.